The summed E-state index contributed by atoms with van der Waals surface area (Å²) >= 11 is 6.14. The van der Waals surface area contributed by atoms with E-state index < -0.39 is 6.10 Å². The number of phenolic OH excluding ortho intramolecular Hbond substituents is 1. The second-order valence-electron chi connectivity index (χ2n) is 10.5. The molecule has 1 spiro atoms. The van der Waals surface area contributed by atoms with Gasteiger partial charge >= 0.3 is 0 Å². The van der Waals surface area contributed by atoms with Crippen molar-refractivity contribution in [3.05, 3.63) is 58.1 Å². The van der Waals surface area contributed by atoms with E-state index in [1.165, 1.54) is 17.7 Å². The summed E-state index contributed by atoms with van der Waals surface area (Å²) in [5.74, 6) is 0.127. The van der Waals surface area contributed by atoms with Gasteiger partial charge in [0.05, 0.1) is 17.8 Å². The van der Waals surface area contributed by atoms with E-state index >= 15 is 0 Å². The van der Waals surface area contributed by atoms with E-state index in [1.54, 1.807) is 11.0 Å². The number of carbonyl (C=O) groups is 1. The van der Waals surface area contributed by atoms with Crippen LogP contribution in [0.4, 0.5) is 0 Å². The highest BCUT2D eigenvalue weighted by atomic mass is 35.5. The lowest BCUT2D eigenvalue weighted by atomic mass is 9.84. The van der Waals surface area contributed by atoms with Gasteiger partial charge in [-0.3, -0.25) is 4.79 Å². The minimum absolute atomic E-state index is 0.00245. The van der Waals surface area contributed by atoms with Gasteiger partial charge in [0.1, 0.15) is 24.2 Å². The quantitative estimate of drug-likeness (QED) is 0.505. The number of piperidine rings is 2. The average Bonchev–Trinajstić information content (AvgIpc) is 3.25. The lowest BCUT2D eigenvalue weighted by Crippen LogP contribution is -2.46. The van der Waals surface area contributed by atoms with Gasteiger partial charge in [0.15, 0.2) is 0 Å². The standard InChI is InChI=1S/C28H35ClN2O6/c29-21-3-6-25-20(12-21)17-37-28(25)7-10-30(11-8-28)15-23(34)18-36-26-13-22(33)4-5-24(26)27(35)31-9-1-2-19(14-31)16-32/h3-6,12-13,19,23,32-34H,1-2,7-11,14-18H2/t19?,23-/m1/s1. The normalized spacial score (nSPS) is 22.1. The summed E-state index contributed by atoms with van der Waals surface area (Å²) in [4.78, 5) is 17.1. The van der Waals surface area contributed by atoms with Gasteiger partial charge in [0.25, 0.3) is 5.91 Å². The number of amides is 1. The van der Waals surface area contributed by atoms with Crippen molar-refractivity contribution < 1.29 is 29.6 Å². The van der Waals surface area contributed by atoms with Crippen LogP contribution in [0.3, 0.4) is 0 Å². The molecule has 2 saturated heterocycles. The smallest absolute Gasteiger partial charge is 0.257 e. The van der Waals surface area contributed by atoms with Gasteiger partial charge in [-0.2, -0.15) is 0 Å². The Hall–Kier alpha value is -2.36. The van der Waals surface area contributed by atoms with Gasteiger partial charge in [-0.15, -0.1) is 0 Å². The molecule has 0 aromatic heterocycles. The molecule has 3 aliphatic rings. The minimum Gasteiger partial charge on any atom is -0.508 e. The zero-order valence-electron chi connectivity index (χ0n) is 20.9. The average molecular weight is 531 g/mol. The highest BCUT2D eigenvalue weighted by molar-refractivity contribution is 6.30. The van der Waals surface area contributed by atoms with Crippen LogP contribution < -0.4 is 4.74 Å². The summed E-state index contributed by atoms with van der Waals surface area (Å²) in [5.41, 5.74) is 2.45. The molecule has 5 rings (SSSR count). The predicted molar refractivity (Wildman–Crippen MR) is 139 cm³/mol. The molecule has 2 aromatic carbocycles. The van der Waals surface area contributed by atoms with Crippen molar-refractivity contribution in [2.24, 2.45) is 5.92 Å². The Balaban J connectivity index is 1.16. The second-order valence-corrected chi connectivity index (χ2v) is 10.9. The first kappa shape index (κ1) is 26.3. The summed E-state index contributed by atoms with van der Waals surface area (Å²) in [6, 6.07) is 10.4. The molecule has 2 aromatic rings. The number of phenols is 1. The van der Waals surface area contributed by atoms with Crippen LogP contribution in [-0.4, -0.2) is 83.1 Å². The molecule has 1 unspecified atom stereocenters. The molecule has 0 saturated carbocycles. The summed E-state index contributed by atoms with van der Waals surface area (Å²) in [6.45, 7) is 3.77. The predicted octanol–water partition coefficient (Wildman–Crippen LogP) is 3.15. The zero-order valence-corrected chi connectivity index (χ0v) is 21.7. The number of aliphatic hydroxyl groups is 2. The molecule has 3 aliphatic heterocycles. The van der Waals surface area contributed by atoms with Gasteiger partial charge < -0.3 is 34.6 Å². The van der Waals surface area contributed by atoms with Gasteiger partial charge in [0, 0.05) is 50.4 Å². The van der Waals surface area contributed by atoms with Gasteiger partial charge in [-0.05, 0) is 67.0 Å². The summed E-state index contributed by atoms with van der Waals surface area (Å²) in [7, 11) is 0. The fourth-order valence-corrected chi connectivity index (χ4v) is 6.04. The van der Waals surface area contributed by atoms with Crippen LogP contribution in [0, 0.1) is 5.92 Å². The monoisotopic (exact) mass is 530 g/mol. The van der Waals surface area contributed by atoms with Gasteiger partial charge in [-0.1, -0.05) is 17.7 Å². The molecular weight excluding hydrogens is 496 g/mol. The maximum Gasteiger partial charge on any atom is 0.257 e. The van der Waals surface area contributed by atoms with Crippen molar-refractivity contribution in [3.8, 4) is 11.5 Å². The Morgan fingerprint density at radius 1 is 1.19 bits per heavy atom. The zero-order chi connectivity index (χ0) is 26.0. The summed E-state index contributed by atoms with van der Waals surface area (Å²) in [6.07, 6.45) is 2.65. The molecule has 37 heavy (non-hydrogen) atoms. The highest BCUT2D eigenvalue weighted by Gasteiger charge is 2.42. The number of aromatic hydroxyl groups is 1. The first-order valence-electron chi connectivity index (χ1n) is 13.1. The number of hydrogen-bond donors (Lipinski definition) is 3. The van der Waals surface area contributed by atoms with Gasteiger partial charge in [-0.25, -0.2) is 0 Å². The van der Waals surface area contributed by atoms with E-state index in [2.05, 4.69) is 11.0 Å². The number of ether oxygens (including phenoxy) is 2. The van der Waals surface area contributed by atoms with E-state index in [0.29, 0.717) is 31.8 Å². The second kappa shape index (κ2) is 11.2. The van der Waals surface area contributed by atoms with E-state index in [0.717, 1.165) is 49.4 Å². The molecule has 0 bridgehead atoms. The van der Waals surface area contributed by atoms with Crippen LogP contribution in [-0.2, 0) is 16.9 Å². The van der Waals surface area contributed by atoms with Gasteiger partial charge in [0.2, 0.25) is 0 Å². The third kappa shape index (κ3) is 5.73. The van der Waals surface area contributed by atoms with Crippen LogP contribution in [0.1, 0.15) is 47.2 Å². The lowest BCUT2D eigenvalue weighted by molar-refractivity contribution is -0.0835. The molecule has 2 atom stereocenters. The number of fused-ring (bicyclic) bond motifs is 2. The molecule has 1 amide bonds. The Bertz CT molecular complexity index is 1120. The van der Waals surface area contributed by atoms with Crippen molar-refractivity contribution in [2.75, 3.05) is 45.9 Å². The van der Waals surface area contributed by atoms with Crippen molar-refractivity contribution in [2.45, 2.75) is 44.0 Å². The van der Waals surface area contributed by atoms with E-state index in [1.807, 2.05) is 12.1 Å². The maximum atomic E-state index is 13.2. The van der Waals surface area contributed by atoms with Crippen LogP contribution in [0.5, 0.6) is 11.5 Å². The Morgan fingerprint density at radius 3 is 2.78 bits per heavy atom. The van der Waals surface area contributed by atoms with E-state index in [4.69, 9.17) is 21.1 Å². The van der Waals surface area contributed by atoms with Crippen molar-refractivity contribution in [3.63, 3.8) is 0 Å². The summed E-state index contributed by atoms with van der Waals surface area (Å²) in [5, 5.41) is 30.9. The van der Waals surface area contributed by atoms with E-state index in [9.17, 15) is 20.1 Å². The fraction of sp³-hybridized carbons (Fsp3) is 0.536. The van der Waals surface area contributed by atoms with Crippen LogP contribution in [0.25, 0.3) is 0 Å². The molecule has 2 fully saturated rings. The Morgan fingerprint density at radius 2 is 2.00 bits per heavy atom. The molecule has 3 N–H and O–H groups in total. The third-order valence-corrected chi connectivity index (χ3v) is 8.12. The number of halogens is 1. The fourth-order valence-electron chi connectivity index (χ4n) is 5.84. The first-order valence-corrected chi connectivity index (χ1v) is 13.4. The van der Waals surface area contributed by atoms with Crippen LogP contribution >= 0.6 is 11.6 Å². The highest BCUT2D eigenvalue weighted by Crippen LogP contribution is 2.44. The van der Waals surface area contributed by atoms with Crippen molar-refractivity contribution in [1.29, 1.82) is 0 Å². The number of benzene rings is 2. The SMILES string of the molecule is O=C(c1ccc(O)cc1OC[C@H](O)CN1CCC2(CC1)OCc1cc(Cl)ccc12)N1CCCC(CO)C1. The molecule has 3 heterocycles. The minimum atomic E-state index is -0.760. The third-order valence-electron chi connectivity index (χ3n) is 7.89. The van der Waals surface area contributed by atoms with Crippen LogP contribution in [0.2, 0.25) is 5.02 Å². The molecule has 9 heteroatoms. The molecule has 8 nitrogen and oxygen atoms in total. The largest absolute Gasteiger partial charge is 0.508 e. The Kier molecular flexibility index (Phi) is 7.93. The number of aliphatic hydroxyl groups excluding tert-OH is 2. The molecule has 200 valence electrons. The lowest BCUT2D eigenvalue weighted by Gasteiger charge is -2.39. The topological polar surface area (TPSA) is 103 Å². The number of hydrogen-bond acceptors (Lipinski definition) is 7. The molecule has 0 aliphatic carbocycles. The number of β-amino-alcohol motifs (C(OH)–C–C–N with tert-alkyl or cyclic N) is 1. The van der Waals surface area contributed by atoms with Crippen LogP contribution in [0.15, 0.2) is 36.4 Å². The van der Waals surface area contributed by atoms with Crippen molar-refractivity contribution in [1.82, 2.24) is 9.80 Å². The number of likely N-dealkylation sites (tertiary alicyclic amines) is 2. The number of carbonyl (C=O) groups excluding carboxylic acids is 1. The maximum absolute atomic E-state index is 13.2. The first-order chi connectivity index (χ1) is 17.9. The number of rotatable bonds is 7. The summed E-state index contributed by atoms with van der Waals surface area (Å²) < 4.78 is 12.1. The van der Waals surface area contributed by atoms with E-state index in [-0.39, 0.29) is 42.1 Å². The molecular formula is C28H35ClN2O6. The Labute approximate surface area is 222 Å². The number of nitrogens with zero attached hydrogens (tertiary/aromatic N) is 2. The van der Waals surface area contributed by atoms with Crippen molar-refractivity contribution >= 4 is 17.5 Å². The molecule has 0 radical (unpaired) electrons.